The van der Waals surface area contributed by atoms with Crippen LogP contribution in [0, 0.1) is 0 Å². The molecule has 1 aliphatic heterocycles. The number of esters is 1. The molecule has 0 radical (unpaired) electrons. The highest BCUT2D eigenvalue weighted by Gasteiger charge is 2.38. The van der Waals surface area contributed by atoms with Gasteiger partial charge in [-0.25, -0.2) is 10.2 Å². The van der Waals surface area contributed by atoms with Crippen molar-refractivity contribution >= 4 is 46.3 Å². The fourth-order valence-corrected chi connectivity index (χ4v) is 4.34. The molecule has 9 nitrogen and oxygen atoms in total. The number of hydrazone groups is 1. The van der Waals surface area contributed by atoms with E-state index >= 15 is 0 Å². The maximum atomic E-state index is 12.8. The number of amidine groups is 1. The van der Waals surface area contributed by atoms with Gasteiger partial charge in [0.2, 0.25) is 17.7 Å². The van der Waals surface area contributed by atoms with Crippen molar-refractivity contribution in [3.05, 3.63) is 78.4 Å². The monoisotopic (exact) mass is 494 g/mol. The molecule has 1 fully saturated rings. The largest absolute Gasteiger partial charge is 0.462 e. The highest BCUT2D eigenvalue weighted by atomic mass is 32.2. The Hall–Kier alpha value is -3.92. The molecule has 0 saturated carbocycles. The van der Waals surface area contributed by atoms with Crippen LogP contribution < -0.4 is 10.7 Å². The summed E-state index contributed by atoms with van der Waals surface area (Å²) in [6.45, 7) is 5.86. The van der Waals surface area contributed by atoms with Crippen molar-refractivity contribution < 1.29 is 23.9 Å². The number of anilines is 1. The molecule has 1 saturated heterocycles. The Kier molecular flexibility index (Phi) is 9.19. The molecule has 0 spiro atoms. The lowest BCUT2D eigenvalue weighted by molar-refractivity contribution is -0.128. The van der Waals surface area contributed by atoms with Gasteiger partial charge in [-0.05, 0) is 36.8 Å². The Bertz CT molecular complexity index is 1120. The summed E-state index contributed by atoms with van der Waals surface area (Å²) in [5, 5.41) is 6.44. The maximum absolute atomic E-state index is 12.8. The van der Waals surface area contributed by atoms with Crippen LogP contribution in [0.15, 0.2) is 72.4 Å². The molecule has 182 valence electrons. The third-order valence-corrected chi connectivity index (χ3v) is 6.04. The van der Waals surface area contributed by atoms with E-state index in [0.29, 0.717) is 16.4 Å². The van der Waals surface area contributed by atoms with Crippen LogP contribution in [0.1, 0.15) is 29.3 Å². The Balaban J connectivity index is 1.59. The van der Waals surface area contributed by atoms with Crippen LogP contribution in [-0.2, 0) is 25.5 Å². The third kappa shape index (κ3) is 7.28. The average Bonchev–Trinajstić information content (AvgIpc) is 3.13. The lowest BCUT2D eigenvalue weighted by Gasteiger charge is -2.13. The zero-order valence-electron chi connectivity index (χ0n) is 19.2. The average molecular weight is 495 g/mol. The summed E-state index contributed by atoms with van der Waals surface area (Å²) in [6, 6.07) is 15.5. The first-order valence-corrected chi connectivity index (χ1v) is 11.9. The Morgan fingerprint density at radius 3 is 2.49 bits per heavy atom. The van der Waals surface area contributed by atoms with E-state index in [1.807, 2.05) is 30.3 Å². The van der Waals surface area contributed by atoms with Gasteiger partial charge in [-0.15, -0.1) is 11.7 Å². The molecule has 10 heteroatoms. The number of benzene rings is 2. The van der Waals surface area contributed by atoms with Crippen molar-refractivity contribution in [3.8, 4) is 0 Å². The Labute approximate surface area is 207 Å². The molecular formula is C25H26N4O5S. The standard InChI is InChI=1S/C25H26N4O5S/c1-3-14-29-23(32)20(35-25(29)28-27-22(31)15-17-8-6-5-7-9-17)16-21(30)26-19-12-10-18(11-13-19)24(33)34-4-2/h3,5-13,20H,1,4,14-16H2,2H3,(H,26,30)(H,27,31). The molecule has 1 unspecified atom stereocenters. The van der Waals surface area contributed by atoms with E-state index < -0.39 is 11.2 Å². The summed E-state index contributed by atoms with van der Waals surface area (Å²) in [6.07, 6.45) is 1.61. The Morgan fingerprint density at radius 1 is 1.11 bits per heavy atom. The van der Waals surface area contributed by atoms with Crippen LogP contribution in [0.2, 0.25) is 0 Å². The van der Waals surface area contributed by atoms with E-state index in [1.165, 1.54) is 4.90 Å². The minimum absolute atomic E-state index is 0.0895. The number of carbonyl (C=O) groups is 4. The van der Waals surface area contributed by atoms with Gasteiger partial charge in [-0.2, -0.15) is 0 Å². The summed E-state index contributed by atoms with van der Waals surface area (Å²) >= 11 is 1.11. The highest BCUT2D eigenvalue weighted by Crippen LogP contribution is 2.29. The van der Waals surface area contributed by atoms with Crippen molar-refractivity contribution in [2.45, 2.75) is 25.0 Å². The number of nitrogens with zero attached hydrogens (tertiary/aromatic N) is 2. The molecule has 2 aromatic rings. The summed E-state index contributed by atoms with van der Waals surface area (Å²) in [5.41, 5.74) is 4.19. The number of amides is 3. The van der Waals surface area contributed by atoms with Crippen LogP contribution in [0.3, 0.4) is 0 Å². The van der Waals surface area contributed by atoms with Gasteiger partial charge in [-0.3, -0.25) is 19.3 Å². The number of hydrogen-bond acceptors (Lipinski definition) is 7. The second-order valence-corrected chi connectivity index (χ2v) is 8.66. The van der Waals surface area contributed by atoms with Crippen LogP contribution in [-0.4, -0.2) is 52.2 Å². The highest BCUT2D eigenvalue weighted by molar-refractivity contribution is 8.15. The molecule has 0 aliphatic carbocycles. The summed E-state index contributed by atoms with van der Waals surface area (Å²) in [7, 11) is 0. The summed E-state index contributed by atoms with van der Waals surface area (Å²) in [4.78, 5) is 50.8. The molecule has 1 atom stereocenters. The minimum atomic E-state index is -0.696. The smallest absolute Gasteiger partial charge is 0.338 e. The first-order chi connectivity index (χ1) is 16.9. The second-order valence-electron chi connectivity index (χ2n) is 7.49. The summed E-state index contributed by atoms with van der Waals surface area (Å²) in [5.74, 6) is -1.42. The van der Waals surface area contributed by atoms with E-state index in [0.717, 1.165) is 17.3 Å². The fraction of sp³-hybridized carbons (Fsp3) is 0.240. The molecule has 0 bridgehead atoms. The predicted molar refractivity (Wildman–Crippen MR) is 135 cm³/mol. The fourth-order valence-electron chi connectivity index (χ4n) is 3.24. The van der Waals surface area contributed by atoms with Gasteiger partial charge in [-0.1, -0.05) is 48.2 Å². The van der Waals surface area contributed by atoms with E-state index in [-0.39, 0.29) is 43.7 Å². The lowest BCUT2D eigenvalue weighted by Crippen LogP contribution is -2.34. The molecule has 2 aromatic carbocycles. The molecular weight excluding hydrogens is 468 g/mol. The number of thioether (sulfide) groups is 1. The van der Waals surface area contributed by atoms with Gasteiger partial charge >= 0.3 is 5.97 Å². The van der Waals surface area contributed by atoms with Crippen molar-refractivity contribution in [1.29, 1.82) is 0 Å². The SMILES string of the molecule is C=CCN1C(=O)C(CC(=O)Nc2ccc(C(=O)OCC)cc2)SC1=NNC(=O)Cc1ccccc1. The van der Waals surface area contributed by atoms with Gasteiger partial charge in [0.15, 0.2) is 5.17 Å². The maximum Gasteiger partial charge on any atom is 0.338 e. The van der Waals surface area contributed by atoms with Gasteiger partial charge < -0.3 is 10.1 Å². The van der Waals surface area contributed by atoms with Crippen molar-refractivity contribution in [1.82, 2.24) is 10.3 Å². The number of rotatable bonds is 10. The molecule has 1 aliphatic rings. The van der Waals surface area contributed by atoms with Gasteiger partial charge in [0.25, 0.3) is 0 Å². The van der Waals surface area contributed by atoms with Crippen LogP contribution >= 0.6 is 11.8 Å². The van der Waals surface area contributed by atoms with Gasteiger partial charge in [0.1, 0.15) is 5.25 Å². The molecule has 1 heterocycles. The van der Waals surface area contributed by atoms with Crippen LogP contribution in [0.5, 0.6) is 0 Å². The van der Waals surface area contributed by atoms with Crippen molar-refractivity contribution in [3.63, 3.8) is 0 Å². The summed E-state index contributed by atoms with van der Waals surface area (Å²) < 4.78 is 4.94. The zero-order valence-corrected chi connectivity index (χ0v) is 20.0. The molecule has 3 rings (SSSR count). The molecule has 0 aromatic heterocycles. The zero-order chi connectivity index (χ0) is 25.2. The van der Waals surface area contributed by atoms with Crippen LogP contribution in [0.25, 0.3) is 0 Å². The number of hydrogen-bond donors (Lipinski definition) is 2. The number of carbonyl (C=O) groups excluding carboxylic acids is 4. The second kappa shape index (κ2) is 12.5. The lowest BCUT2D eigenvalue weighted by atomic mass is 10.1. The first kappa shape index (κ1) is 25.7. The number of ether oxygens (including phenoxy) is 1. The van der Waals surface area contributed by atoms with Crippen molar-refractivity contribution in [2.24, 2.45) is 5.10 Å². The van der Waals surface area contributed by atoms with E-state index in [9.17, 15) is 19.2 Å². The van der Waals surface area contributed by atoms with Gasteiger partial charge in [0, 0.05) is 18.7 Å². The molecule has 35 heavy (non-hydrogen) atoms. The predicted octanol–water partition coefficient (Wildman–Crippen LogP) is 2.95. The van der Waals surface area contributed by atoms with Crippen LogP contribution in [0.4, 0.5) is 5.69 Å². The number of nitrogens with one attached hydrogen (secondary N) is 2. The minimum Gasteiger partial charge on any atom is -0.462 e. The Morgan fingerprint density at radius 2 is 1.83 bits per heavy atom. The van der Waals surface area contributed by atoms with E-state index in [4.69, 9.17) is 4.74 Å². The van der Waals surface area contributed by atoms with Gasteiger partial charge in [0.05, 0.1) is 18.6 Å². The normalized spacial score (nSPS) is 16.1. The molecule has 2 N–H and O–H groups in total. The van der Waals surface area contributed by atoms with Crippen molar-refractivity contribution in [2.75, 3.05) is 18.5 Å². The molecule has 3 amide bonds. The van der Waals surface area contributed by atoms with E-state index in [2.05, 4.69) is 22.4 Å². The quantitative estimate of drug-likeness (QED) is 0.298. The third-order valence-electron chi connectivity index (χ3n) is 4.87. The topological polar surface area (TPSA) is 117 Å². The van der Waals surface area contributed by atoms with E-state index in [1.54, 1.807) is 37.3 Å². The first-order valence-electron chi connectivity index (χ1n) is 11.0.